The standard InChI is InChI=1S/C16H18F3N3O4S/c17-14-11-7-21(6-9-4-16(18,19)5-9)2-1-10(11)3-12(23)15(14)22-8-13(24)20-27(22,25)26/h3,9,23H,1-2,4-8H2,(H,20,24). The molecule has 1 aliphatic carbocycles. The van der Waals surface area contributed by atoms with Gasteiger partial charge in [-0.25, -0.2) is 22.2 Å². The summed E-state index contributed by atoms with van der Waals surface area (Å²) in [7, 11) is -4.26. The third-order valence-corrected chi connectivity index (χ3v) is 6.63. The number of phenols is 1. The van der Waals surface area contributed by atoms with Crippen molar-refractivity contribution < 1.29 is 31.5 Å². The largest absolute Gasteiger partial charge is 0.506 e. The quantitative estimate of drug-likeness (QED) is 0.787. The number of anilines is 1. The first kappa shape index (κ1) is 18.4. The molecule has 0 unspecified atom stereocenters. The van der Waals surface area contributed by atoms with Gasteiger partial charge < -0.3 is 5.11 Å². The number of fused-ring (bicyclic) bond motifs is 1. The molecule has 1 saturated carbocycles. The lowest BCUT2D eigenvalue weighted by Crippen LogP contribution is -2.44. The summed E-state index contributed by atoms with van der Waals surface area (Å²) < 4.78 is 67.4. The number of aromatic hydroxyl groups is 1. The van der Waals surface area contributed by atoms with Crippen LogP contribution in [0.2, 0.25) is 0 Å². The maximum absolute atomic E-state index is 15.1. The summed E-state index contributed by atoms with van der Waals surface area (Å²) in [5, 5.41) is 10.2. The molecule has 1 aromatic carbocycles. The van der Waals surface area contributed by atoms with E-state index in [0.29, 0.717) is 29.4 Å². The highest BCUT2D eigenvalue weighted by Gasteiger charge is 2.46. The predicted molar refractivity (Wildman–Crippen MR) is 89.1 cm³/mol. The average molecular weight is 405 g/mol. The fourth-order valence-corrected chi connectivity index (χ4v) is 5.17. The Bertz CT molecular complexity index is 914. The van der Waals surface area contributed by atoms with Crippen molar-refractivity contribution in [3.05, 3.63) is 23.0 Å². The lowest BCUT2D eigenvalue weighted by Gasteiger charge is -2.39. The number of benzene rings is 1. The summed E-state index contributed by atoms with van der Waals surface area (Å²) in [5.74, 6) is -5.06. The van der Waals surface area contributed by atoms with E-state index in [1.807, 2.05) is 4.90 Å². The fourth-order valence-electron chi connectivity index (χ4n) is 4.01. The number of nitrogens with zero attached hydrogens (tertiary/aromatic N) is 2. The minimum Gasteiger partial charge on any atom is -0.506 e. The molecule has 148 valence electrons. The number of hydrogen-bond donors (Lipinski definition) is 2. The summed E-state index contributed by atoms with van der Waals surface area (Å²) in [6, 6.07) is 1.31. The second-order valence-electron chi connectivity index (χ2n) is 7.35. The van der Waals surface area contributed by atoms with Crippen molar-refractivity contribution in [3.8, 4) is 5.75 Å². The first-order valence-electron chi connectivity index (χ1n) is 8.52. The van der Waals surface area contributed by atoms with E-state index >= 15 is 4.39 Å². The second kappa shape index (κ2) is 5.99. The normalized spacial score (nSPS) is 24.4. The van der Waals surface area contributed by atoms with Crippen LogP contribution in [0, 0.1) is 11.7 Å². The molecule has 0 spiro atoms. The monoisotopic (exact) mass is 405 g/mol. The van der Waals surface area contributed by atoms with E-state index < -0.39 is 45.8 Å². The van der Waals surface area contributed by atoms with Gasteiger partial charge in [0.05, 0.1) is 0 Å². The highest BCUT2D eigenvalue weighted by Crippen LogP contribution is 2.44. The van der Waals surface area contributed by atoms with Crippen molar-refractivity contribution in [2.24, 2.45) is 5.92 Å². The van der Waals surface area contributed by atoms with Gasteiger partial charge in [-0.15, -0.1) is 0 Å². The van der Waals surface area contributed by atoms with Gasteiger partial charge in [0.2, 0.25) is 5.92 Å². The summed E-state index contributed by atoms with van der Waals surface area (Å²) in [5.41, 5.74) is 0.193. The van der Waals surface area contributed by atoms with Gasteiger partial charge in [0.1, 0.15) is 18.0 Å². The summed E-state index contributed by atoms with van der Waals surface area (Å²) in [6.07, 6.45) is 0.0477. The number of phenolic OH excluding ortho intramolecular Hbond substituents is 1. The van der Waals surface area contributed by atoms with E-state index in [0.717, 1.165) is 0 Å². The molecule has 2 heterocycles. The third-order valence-electron chi connectivity index (χ3n) is 5.25. The van der Waals surface area contributed by atoms with Crippen molar-refractivity contribution in [2.45, 2.75) is 31.7 Å². The molecule has 4 rings (SSSR count). The van der Waals surface area contributed by atoms with Crippen LogP contribution in [-0.4, -0.2) is 49.9 Å². The zero-order chi connectivity index (χ0) is 19.6. The molecule has 3 aliphatic rings. The van der Waals surface area contributed by atoms with Gasteiger partial charge in [0.15, 0.2) is 5.82 Å². The van der Waals surface area contributed by atoms with E-state index in [9.17, 15) is 27.1 Å². The molecule has 1 saturated heterocycles. The maximum Gasteiger partial charge on any atom is 0.326 e. The van der Waals surface area contributed by atoms with Crippen molar-refractivity contribution in [2.75, 3.05) is 23.9 Å². The van der Waals surface area contributed by atoms with Gasteiger partial charge in [-0.2, -0.15) is 8.42 Å². The molecule has 0 aromatic heterocycles. The van der Waals surface area contributed by atoms with E-state index in [1.165, 1.54) is 6.07 Å². The second-order valence-corrected chi connectivity index (χ2v) is 8.94. The molecule has 11 heteroatoms. The molecule has 1 aromatic rings. The number of alkyl halides is 2. The van der Waals surface area contributed by atoms with Gasteiger partial charge in [-0.1, -0.05) is 0 Å². The zero-order valence-electron chi connectivity index (χ0n) is 14.2. The molecule has 2 fully saturated rings. The van der Waals surface area contributed by atoms with Crippen LogP contribution in [-0.2, 0) is 28.0 Å². The first-order chi connectivity index (χ1) is 12.6. The van der Waals surface area contributed by atoms with Crippen LogP contribution in [0.3, 0.4) is 0 Å². The Morgan fingerprint density at radius 3 is 2.59 bits per heavy atom. The fraction of sp³-hybridized carbons (Fsp3) is 0.562. The minimum absolute atomic E-state index is 0.131. The first-order valence-corrected chi connectivity index (χ1v) is 9.96. The van der Waals surface area contributed by atoms with Crippen LogP contribution >= 0.6 is 0 Å². The Balaban J connectivity index is 1.61. The molecule has 2 N–H and O–H groups in total. The lowest BCUT2D eigenvalue weighted by molar-refractivity contribution is -0.117. The summed E-state index contributed by atoms with van der Waals surface area (Å²) in [4.78, 5) is 13.3. The number of halogens is 3. The van der Waals surface area contributed by atoms with Crippen molar-refractivity contribution in [3.63, 3.8) is 0 Å². The molecule has 1 amide bonds. The molecule has 0 atom stereocenters. The van der Waals surface area contributed by atoms with E-state index in [-0.39, 0.29) is 30.9 Å². The average Bonchev–Trinajstić information content (AvgIpc) is 2.79. The lowest BCUT2D eigenvalue weighted by atomic mass is 9.80. The van der Waals surface area contributed by atoms with Crippen LogP contribution in [0.1, 0.15) is 24.0 Å². The molecule has 0 bridgehead atoms. The van der Waals surface area contributed by atoms with Gasteiger partial charge in [0.25, 0.3) is 5.91 Å². The highest BCUT2D eigenvalue weighted by molar-refractivity contribution is 7.92. The number of rotatable bonds is 3. The highest BCUT2D eigenvalue weighted by atomic mass is 32.2. The van der Waals surface area contributed by atoms with Gasteiger partial charge in [0, 0.05) is 38.0 Å². The smallest absolute Gasteiger partial charge is 0.326 e. The summed E-state index contributed by atoms with van der Waals surface area (Å²) in [6.45, 7) is 0.459. The molecule has 0 radical (unpaired) electrons. The Kier molecular flexibility index (Phi) is 4.08. The molecule has 27 heavy (non-hydrogen) atoms. The predicted octanol–water partition coefficient (Wildman–Crippen LogP) is 1.12. The number of carbonyl (C=O) groups excluding carboxylic acids is 1. The summed E-state index contributed by atoms with van der Waals surface area (Å²) >= 11 is 0. The molecule has 7 nitrogen and oxygen atoms in total. The Labute approximate surface area is 153 Å². The molecular formula is C16H18F3N3O4S. The van der Waals surface area contributed by atoms with Crippen molar-refractivity contribution >= 4 is 21.8 Å². The number of hydrogen-bond acceptors (Lipinski definition) is 5. The van der Waals surface area contributed by atoms with Crippen LogP contribution < -0.4 is 9.03 Å². The van der Waals surface area contributed by atoms with E-state index in [1.54, 1.807) is 4.72 Å². The molecular weight excluding hydrogens is 387 g/mol. The number of carbonyl (C=O) groups is 1. The Hall–Kier alpha value is -2.01. The molecule has 2 aliphatic heterocycles. The van der Waals surface area contributed by atoms with E-state index in [2.05, 4.69) is 0 Å². The van der Waals surface area contributed by atoms with Crippen LogP contribution in [0.15, 0.2) is 6.07 Å². The number of amides is 1. The van der Waals surface area contributed by atoms with Crippen LogP contribution in [0.5, 0.6) is 5.75 Å². The van der Waals surface area contributed by atoms with Crippen LogP contribution in [0.25, 0.3) is 0 Å². The topological polar surface area (TPSA) is 90.0 Å². The van der Waals surface area contributed by atoms with Crippen molar-refractivity contribution in [1.29, 1.82) is 0 Å². The van der Waals surface area contributed by atoms with Gasteiger partial charge in [-0.3, -0.25) is 9.69 Å². The van der Waals surface area contributed by atoms with Gasteiger partial charge >= 0.3 is 10.2 Å². The Morgan fingerprint density at radius 2 is 2.00 bits per heavy atom. The zero-order valence-corrected chi connectivity index (χ0v) is 15.0. The maximum atomic E-state index is 15.1. The Morgan fingerprint density at radius 1 is 1.30 bits per heavy atom. The third kappa shape index (κ3) is 3.22. The van der Waals surface area contributed by atoms with E-state index in [4.69, 9.17) is 0 Å². The number of nitrogens with one attached hydrogen (secondary N) is 1. The van der Waals surface area contributed by atoms with Gasteiger partial charge in [-0.05, 0) is 24.0 Å². The van der Waals surface area contributed by atoms with Crippen molar-refractivity contribution in [1.82, 2.24) is 9.62 Å². The SMILES string of the molecule is O=C1CN(c2c(O)cc3c(c2F)CN(CC2CC(F)(F)C2)CC3)S(=O)(=O)N1. The van der Waals surface area contributed by atoms with Crippen LogP contribution in [0.4, 0.5) is 18.9 Å². The minimum atomic E-state index is -4.26.